The molecule has 0 bridgehead atoms. The molecule has 0 spiro atoms. The van der Waals surface area contributed by atoms with Crippen molar-refractivity contribution in [2.24, 2.45) is 0 Å². The SMILES string of the molecule is Cc1ccnc(Nc2ncc(Sc3ccnc(C(=O)NCC4(c5ccccc5)CCN(S(C)(=O)=O)CC4)c3F)s2)c1. The summed E-state index contributed by atoms with van der Waals surface area (Å²) in [5, 5.41) is 6.65. The zero-order chi connectivity index (χ0) is 29.0. The van der Waals surface area contributed by atoms with Gasteiger partial charge in [0.1, 0.15) is 5.82 Å². The van der Waals surface area contributed by atoms with Gasteiger partial charge in [-0.05, 0) is 49.1 Å². The van der Waals surface area contributed by atoms with Crippen molar-refractivity contribution in [3.63, 3.8) is 0 Å². The van der Waals surface area contributed by atoms with Crippen molar-refractivity contribution in [1.29, 1.82) is 0 Å². The van der Waals surface area contributed by atoms with Gasteiger partial charge < -0.3 is 10.6 Å². The number of sulfonamides is 1. The Labute approximate surface area is 246 Å². The molecule has 13 heteroatoms. The van der Waals surface area contributed by atoms with E-state index in [4.69, 9.17) is 0 Å². The second-order valence-corrected chi connectivity index (χ2v) is 14.2. The maximum absolute atomic E-state index is 15.5. The average molecular weight is 613 g/mol. The number of carbonyl (C=O) groups excluding carboxylic acids is 1. The average Bonchev–Trinajstić information content (AvgIpc) is 3.39. The number of amides is 1. The maximum Gasteiger partial charge on any atom is 0.273 e. The molecule has 1 amide bonds. The van der Waals surface area contributed by atoms with Crippen LogP contribution in [0.5, 0.6) is 0 Å². The second kappa shape index (κ2) is 12.2. The molecule has 5 rings (SSSR count). The Bertz CT molecular complexity index is 1640. The monoisotopic (exact) mass is 612 g/mol. The van der Waals surface area contributed by atoms with E-state index in [2.05, 4.69) is 25.6 Å². The third-order valence-corrected chi connectivity index (χ3v) is 10.4. The van der Waals surface area contributed by atoms with Gasteiger partial charge in [0.15, 0.2) is 16.6 Å². The molecule has 3 aromatic heterocycles. The number of aromatic nitrogens is 3. The highest BCUT2D eigenvalue weighted by Gasteiger charge is 2.39. The lowest BCUT2D eigenvalue weighted by atomic mass is 9.73. The molecule has 1 saturated heterocycles. The molecule has 0 radical (unpaired) electrons. The summed E-state index contributed by atoms with van der Waals surface area (Å²) in [6.45, 7) is 2.88. The Hall–Kier alpha value is -3.39. The number of nitrogens with one attached hydrogen (secondary N) is 2. The van der Waals surface area contributed by atoms with E-state index in [1.807, 2.05) is 49.4 Å². The van der Waals surface area contributed by atoms with Gasteiger partial charge in [0, 0.05) is 37.4 Å². The van der Waals surface area contributed by atoms with Crippen LogP contribution in [0.25, 0.3) is 0 Å². The van der Waals surface area contributed by atoms with Gasteiger partial charge in [0.25, 0.3) is 5.91 Å². The van der Waals surface area contributed by atoms with Crippen molar-refractivity contribution >= 4 is 50.0 Å². The summed E-state index contributed by atoms with van der Waals surface area (Å²) < 4.78 is 41.9. The first kappa shape index (κ1) is 29.1. The summed E-state index contributed by atoms with van der Waals surface area (Å²) in [6, 6.07) is 15.0. The number of anilines is 2. The first-order valence-corrected chi connectivity index (χ1v) is 16.4. The highest BCUT2D eigenvalue weighted by molar-refractivity contribution is 8.01. The number of pyridine rings is 2. The Morgan fingerprint density at radius 3 is 2.54 bits per heavy atom. The van der Waals surface area contributed by atoms with Crippen LogP contribution >= 0.6 is 23.1 Å². The Balaban J connectivity index is 1.28. The molecule has 41 heavy (non-hydrogen) atoms. The molecule has 1 aromatic carbocycles. The minimum Gasteiger partial charge on any atom is -0.350 e. The van der Waals surface area contributed by atoms with E-state index in [9.17, 15) is 13.2 Å². The fraction of sp³-hybridized carbons (Fsp3) is 0.286. The molecule has 4 heterocycles. The van der Waals surface area contributed by atoms with Crippen LogP contribution in [0.15, 0.2) is 76.2 Å². The van der Waals surface area contributed by atoms with E-state index in [0.29, 0.717) is 36.9 Å². The Morgan fingerprint density at radius 2 is 1.83 bits per heavy atom. The first-order valence-electron chi connectivity index (χ1n) is 12.9. The first-order chi connectivity index (χ1) is 19.6. The largest absolute Gasteiger partial charge is 0.350 e. The molecule has 9 nitrogen and oxygen atoms in total. The lowest BCUT2D eigenvalue weighted by Crippen LogP contribution is -2.50. The van der Waals surface area contributed by atoms with E-state index >= 15 is 4.39 Å². The van der Waals surface area contributed by atoms with Crippen molar-refractivity contribution < 1.29 is 17.6 Å². The van der Waals surface area contributed by atoms with Crippen LogP contribution in [-0.4, -0.2) is 59.5 Å². The van der Waals surface area contributed by atoms with Crippen molar-refractivity contribution in [3.05, 3.63) is 89.8 Å². The van der Waals surface area contributed by atoms with Crippen LogP contribution in [0.3, 0.4) is 0 Å². The molecular formula is C28H29FN6O3S3. The van der Waals surface area contributed by atoms with Crippen molar-refractivity contribution in [2.45, 2.75) is 34.3 Å². The summed E-state index contributed by atoms with van der Waals surface area (Å²) >= 11 is 2.51. The summed E-state index contributed by atoms with van der Waals surface area (Å²) in [5.74, 6) is -0.665. The molecule has 214 valence electrons. The highest BCUT2D eigenvalue weighted by atomic mass is 32.2. The fourth-order valence-corrected chi connectivity index (χ4v) is 7.50. The van der Waals surface area contributed by atoms with Gasteiger partial charge in [-0.1, -0.05) is 53.4 Å². The van der Waals surface area contributed by atoms with Crippen LogP contribution in [-0.2, 0) is 15.4 Å². The number of hydrogen-bond donors (Lipinski definition) is 2. The lowest BCUT2D eigenvalue weighted by Gasteiger charge is -2.41. The Kier molecular flexibility index (Phi) is 8.68. The maximum atomic E-state index is 15.5. The molecule has 4 aromatic rings. The summed E-state index contributed by atoms with van der Waals surface area (Å²) in [7, 11) is -3.31. The number of rotatable bonds is 9. The number of halogens is 1. The van der Waals surface area contributed by atoms with Crippen LogP contribution in [0.1, 0.15) is 34.5 Å². The molecule has 1 aliphatic heterocycles. The van der Waals surface area contributed by atoms with Crippen LogP contribution in [0.4, 0.5) is 15.3 Å². The predicted octanol–water partition coefficient (Wildman–Crippen LogP) is 5.00. The van der Waals surface area contributed by atoms with E-state index in [-0.39, 0.29) is 17.1 Å². The summed E-state index contributed by atoms with van der Waals surface area (Å²) in [6.07, 6.45) is 7.01. The van der Waals surface area contributed by atoms with Gasteiger partial charge in [-0.15, -0.1) is 0 Å². The third kappa shape index (κ3) is 6.92. The number of nitrogens with zero attached hydrogens (tertiary/aromatic N) is 4. The normalized spacial score (nSPS) is 15.4. The minimum atomic E-state index is -3.31. The molecule has 2 N–H and O–H groups in total. The van der Waals surface area contributed by atoms with Crippen molar-refractivity contribution in [3.8, 4) is 0 Å². The molecule has 0 unspecified atom stereocenters. The quantitative estimate of drug-likeness (QED) is 0.271. The van der Waals surface area contributed by atoms with E-state index in [1.54, 1.807) is 12.4 Å². The fourth-order valence-electron chi connectivity index (χ4n) is 4.79. The number of hydrogen-bond acceptors (Lipinski definition) is 9. The Morgan fingerprint density at radius 1 is 1.10 bits per heavy atom. The molecule has 0 aliphatic carbocycles. The second-order valence-electron chi connectivity index (χ2n) is 9.89. The van der Waals surface area contributed by atoms with E-state index in [0.717, 1.165) is 27.1 Å². The third-order valence-electron chi connectivity index (χ3n) is 7.04. The van der Waals surface area contributed by atoms with Crippen molar-refractivity contribution in [2.75, 3.05) is 31.2 Å². The predicted molar refractivity (Wildman–Crippen MR) is 159 cm³/mol. The van der Waals surface area contributed by atoms with Crippen LogP contribution in [0, 0.1) is 12.7 Å². The smallest absolute Gasteiger partial charge is 0.273 e. The van der Waals surface area contributed by atoms with Gasteiger partial charge in [-0.3, -0.25) is 4.79 Å². The minimum absolute atomic E-state index is 0.225. The summed E-state index contributed by atoms with van der Waals surface area (Å²) in [5.41, 5.74) is 1.28. The number of carbonyl (C=O) groups is 1. The number of thiazole rings is 1. The van der Waals surface area contributed by atoms with E-state index < -0.39 is 27.2 Å². The van der Waals surface area contributed by atoms with Gasteiger partial charge in [0.05, 0.1) is 21.6 Å². The number of aryl methyl sites for hydroxylation is 1. The molecular weight excluding hydrogens is 584 g/mol. The van der Waals surface area contributed by atoms with Gasteiger partial charge in [-0.2, -0.15) is 0 Å². The van der Waals surface area contributed by atoms with Crippen LogP contribution < -0.4 is 10.6 Å². The van der Waals surface area contributed by atoms with Gasteiger partial charge >= 0.3 is 0 Å². The topological polar surface area (TPSA) is 117 Å². The van der Waals surface area contributed by atoms with Gasteiger partial charge in [-0.25, -0.2) is 32.1 Å². The van der Waals surface area contributed by atoms with Crippen LogP contribution in [0.2, 0.25) is 0 Å². The molecule has 0 saturated carbocycles. The number of piperidine rings is 1. The van der Waals surface area contributed by atoms with E-state index in [1.165, 1.54) is 34.2 Å². The molecule has 0 atom stereocenters. The summed E-state index contributed by atoms with van der Waals surface area (Å²) in [4.78, 5) is 26.1. The number of benzene rings is 1. The van der Waals surface area contributed by atoms with Crippen molar-refractivity contribution in [1.82, 2.24) is 24.6 Å². The highest BCUT2D eigenvalue weighted by Crippen LogP contribution is 2.37. The molecule has 1 aliphatic rings. The zero-order valence-electron chi connectivity index (χ0n) is 22.5. The van der Waals surface area contributed by atoms with Gasteiger partial charge in [0.2, 0.25) is 10.0 Å². The lowest BCUT2D eigenvalue weighted by molar-refractivity contribution is 0.0923. The zero-order valence-corrected chi connectivity index (χ0v) is 25.0. The molecule has 1 fully saturated rings. The standard InChI is InChI=1S/C28H29FN6O3S3/c1-19-8-12-30-22(16-19)34-27-32-17-23(40-27)39-21-9-13-31-25(24(21)29)26(36)33-18-28(20-6-4-3-5-7-20)10-14-35(15-11-28)41(2,37)38/h3-9,12-13,16-17H,10-11,14-15,18H2,1-2H3,(H,33,36)(H,30,32,34).